The summed E-state index contributed by atoms with van der Waals surface area (Å²) in [6.07, 6.45) is 0. The molecule has 0 saturated heterocycles. The van der Waals surface area contributed by atoms with E-state index in [1.807, 2.05) is 79.7 Å². The molecule has 213 valence electrons. The first-order chi connectivity index (χ1) is 17.5. The SMILES string of the molecule is Cc1cc(C)n(C(C)(C(=O)[O-])n2nc(C)cc2C)n1.Cc1cc(C)n(C(C)(C(=O)[O-])n2nc(C)cc2C)n1.[Cu+2]. The van der Waals surface area contributed by atoms with Crippen molar-refractivity contribution in [2.24, 2.45) is 0 Å². The quantitative estimate of drug-likeness (QED) is 0.298. The molecule has 0 aliphatic heterocycles. The second kappa shape index (κ2) is 11.2. The molecule has 12 nitrogen and oxygen atoms in total. The molecule has 4 heterocycles. The number of aliphatic carboxylic acids is 2. The van der Waals surface area contributed by atoms with Gasteiger partial charge in [0.15, 0.2) is 11.3 Å². The largest absolute Gasteiger partial charge is 2.00 e. The molecular weight excluding hydrogens is 552 g/mol. The molecule has 0 N–H and O–H groups in total. The van der Waals surface area contributed by atoms with Crippen LogP contribution in [-0.2, 0) is 38.0 Å². The second-order valence-corrected chi connectivity index (χ2v) is 9.97. The number of rotatable bonds is 6. The molecule has 13 heteroatoms. The van der Waals surface area contributed by atoms with E-state index in [0.29, 0.717) is 0 Å². The van der Waals surface area contributed by atoms with Gasteiger partial charge in [0, 0.05) is 22.8 Å². The van der Waals surface area contributed by atoms with Crippen molar-refractivity contribution in [3.05, 3.63) is 69.8 Å². The average Bonchev–Trinajstić information content (AvgIpc) is 3.53. The summed E-state index contributed by atoms with van der Waals surface area (Å²) >= 11 is 0. The van der Waals surface area contributed by atoms with E-state index in [1.54, 1.807) is 13.8 Å². The van der Waals surface area contributed by atoms with Gasteiger partial charge >= 0.3 is 17.1 Å². The Balaban J connectivity index is 0.000000267. The third-order valence-electron chi connectivity index (χ3n) is 6.46. The van der Waals surface area contributed by atoms with Gasteiger partial charge in [-0.3, -0.25) is 0 Å². The van der Waals surface area contributed by atoms with Crippen molar-refractivity contribution in [2.45, 2.75) is 80.6 Å². The fourth-order valence-corrected chi connectivity index (χ4v) is 4.80. The van der Waals surface area contributed by atoms with E-state index >= 15 is 0 Å². The van der Waals surface area contributed by atoms with Crippen molar-refractivity contribution in [3.8, 4) is 0 Å². The molecule has 39 heavy (non-hydrogen) atoms. The first-order valence-electron chi connectivity index (χ1n) is 12.1. The van der Waals surface area contributed by atoms with Crippen LogP contribution in [0.15, 0.2) is 24.3 Å². The van der Waals surface area contributed by atoms with Crippen LogP contribution in [-0.4, -0.2) is 51.1 Å². The summed E-state index contributed by atoms with van der Waals surface area (Å²) < 4.78 is 5.77. The molecule has 0 aliphatic rings. The molecular formula is C26H34CuN8O4. The Hall–Kier alpha value is -3.70. The number of hydrogen-bond acceptors (Lipinski definition) is 8. The van der Waals surface area contributed by atoms with E-state index < -0.39 is 23.3 Å². The molecule has 0 bridgehead atoms. The minimum Gasteiger partial charge on any atom is -0.545 e. The number of aryl methyl sites for hydroxylation is 8. The molecule has 0 unspecified atom stereocenters. The first kappa shape index (κ1) is 31.5. The minimum atomic E-state index is -1.48. The van der Waals surface area contributed by atoms with Crippen molar-refractivity contribution in [1.29, 1.82) is 0 Å². The third kappa shape index (κ3) is 5.55. The van der Waals surface area contributed by atoms with Gasteiger partial charge in [-0.1, -0.05) is 0 Å². The summed E-state index contributed by atoms with van der Waals surface area (Å²) in [6.45, 7) is 17.6. The van der Waals surface area contributed by atoms with Gasteiger partial charge in [0.1, 0.15) is 0 Å². The van der Waals surface area contributed by atoms with Crippen LogP contribution in [0.2, 0.25) is 0 Å². The monoisotopic (exact) mass is 585 g/mol. The zero-order valence-electron chi connectivity index (χ0n) is 23.8. The Morgan fingerprint density at radius 3 is 0.821 bits per heavy atom. The zero-order valence-corrected chi connectivity index (χ0v) is 24.8. The number of hydrogen-bond donors (Lipinski definition) is 0. The van der Waals surface area contributed by atoms with Gasteiger partial charge in [-0.2, -0.15) is 20.4 Å². The molecule has 0 amide bonds. The van der Waals surface area contributed by atoms with Crippen LogP contribution in [0.4, 0.5) is 0 Å². The summed E-state index contributed by atoms with van der Waals surface area (Å²) in [5, 5.41) is 40.5. The number of carbonyl (C=O) groups is 2. The van der Waals surface area contributed by atoms with Crippen molar-refractivity contribution in [1.82, 2.24) is 39.1 Å². The van der Waals surface area contributed by atoms with Crippen molar-refractivity contribution >= 4 is 11.9 Å². The van der Waals surface area contributed by atoms with Crippen LogP contribution < -0.4 is 10.2 Å². The summed E-state index contributed by atoms with van der Waals surface area (Å²) in [6, 6.07) is 7.31. The zero-order chi connectivity index (χ0) is 28.7. The summed E-state index contributed by atoms with van der Waals surface area (Å²) in [4.78, 5) is 23.4. The van der Waals surface area contributed by atoms with Crippen LogP contribution in [0.1, 0.15) is 59.4 Å². The van der Waals surface area contributed by atoms with E-state index in [4.69, 9.17) is 0 Å². The molecule has 4 aromatic rings. The normalized spacial score (nSPS) is 11.5. The Labute approximate surface area is 238 Å². The number of aromatic nitrogens is 8. The predicted molar refractivity (Wildman–Crippen MR) is 135 cm³/mol. The molecule has 0 atom stereocenters. The molecule has 0 aromatic carbocycles. The Bertz CT molecular complexity index is 1300. The van der Waals surface area contributed by atoms with E-state index in [-0.39, 0.29) is 17.1 Å². The third-order valence-corrected chi connectivity index (χ3v) is 6.46. The van der Waals surface area contributed by atoms with E-state index in [2.05, 4.69) is 20.4 Å². The van der Waals surface area contributed by atoms with E-state index in [0.717, 1.165) is 45.6 Å². The van der Waals surface area contributed by atoms with Crippen LogP contribution in [0.3, 0.4) is 0 Å². The molecule has 4 aromatic heterocycles. The maximum absolute atomic E-state index is 11.7. The molecule has 1 radical (unpaired) electrons. The van der Waals surface area contributed by atoms with Gasteiger partial charge in [-0.05, 0) is 93.5 Å². The van der Waals surface area contributed by atoms with Gasteiger partial charge < -0.3 is 19.8 Å². The molecule has 0 aliphatic carbocycles. The molecule has 0 fully saturated rings. The molecule has 0 spiro atoms. The Morgan fingerprint density at radius 1 is 0.538 bits per heavy atom. The summed E-state index contributed by atoms with van der Waals surface area (Å²) in [7, 11) is 0. The number of carboxylic acids is 2. The van der Waals surface area contributed by atoms with E-state index in [9.17, 15) is 19.8 Å². The van der Waals surface area contributed by atoms with Crippen LogP contribution in [0.5, 0.6) is 0 Å². The van der Waals surface area contributed by atoms with Gasteiger partial charge in [0.2, 0.25) is 0 Å². The smallest absolute Gasteiger partial charge is 0.545 e. The molecule has 0 saturated carbocycles. The number of nitrogens with zero attached hydrogens (tertiary/aromatic N) is 8. The Kier molecular flexibility index (Phi) is 9.04. The molecule has 4 rings (SSSR count). The topological polar surface area (TPSA) is 152 Å². The van der Waals surface area contributed by atoms with Crippen molar-refractivity contribution in [3.63, 3.8) is 0 Å². The summed E-state index contributed by atoms with van der Waals surface area (Å²) in [5.74, 6) is -2.49. The van der Waals surface area contributed by atoms with Gasteiger partial charge in [0.25, 0.3) is 0 Å². The number of carbonyl (C=O) groups excluding carboxylic acids is 2. The maximum Gasteiger partial charge on any atom is 2.00 e. The van der Waals surface area contributed by atoms with Gasteiger partial charge in [-0.15, -0.1) is 0 Å². The van der Waals surface area contributed by atoms with Crippen LogP contribution in [0, 0.1) is 55.4 Å². The van der Waals surface area contributed by atoms with Crippen molar-refractivity contribution in [2.75, 3.05) is 0 Å². The number of carboxylic acid groups (broad SMARTS) is 2. The van der Waals surface area contributed by atoms with E-state index in [1.165, 1.54) is 18.7 Å². The Morgan fingerprint density at radius 2 is 0.718 bits per heavy atom. The standard InChI is InChI=1S/2C13H18N4O2.Cu/c2*1-8-6-10(3)16(14-8)13(5,12(18)19)17-11(4)7-9(2)15-17;/h2*6-7H,1-5H3,(H,18,19);/q;;+2/p-2. The summed E-state index contributed by atoms with van der Waals surface area (Å²) in [5.41, 5.74) is 3.06. The maximum atomic E-state index is 11.7. The minimum absolute atomic E-state index is 0. The van der Waals surface area contributed by atoms with Crippen LogP contribution in [0.25, 0.3) is 0 Å². The van der Waals surface area contributed by atoms with Crippen LogP contribution >= 0.6 is 0 Å². The second-order valence-electron chi connectivity index (χ2n) is 9.97. The fourth-order valence-electron chi connectivity index (χ4n) is 4.80. The first-order valence-corrected chi connectivity index (χ1v) is 12.1. The van der Waals surface area contributed by atoms with Gasteiger partial charge in [-0.25, -0.2) is 18.7 Å². The fraction of sp³-hybridized carbons (Fsp3) is 0.462. The average molecular weight is 586 g/mol. The predicted octanol–water partition coefficient (Wildman–Crippen LogP) is 0.566. The van der Waals surface area contributed by atoms with Crippen molar-refractivity contribution < 1.29 is 36.9 Å². The van der Waals surface area contributed by atoms with Gasteiger partial charge in [0.05, 0.1) is 34.7 Å².